The number of amides is 2. The summed E-state index contributed by atoms with van der Waals surface area (Å²) in [5, 5.41) is 0.515. The van der Waals surface area contributed by atoms with Gasteiger partial charge in [0, 0.05) is 5.02 Å². The highest BCUT2D eigenvalue weighted by atomic mass is 35.5. The normalized spacial score (nSPS) is 10.1. The number of halogens is 1. The van der Waals surface area contributed by atoms with Gasteiger partial charge in [-0.3, -0.25) is 9.59 Å². The molecule has 0 spiro atoms. The van der Waals surface area contributed by atoms with Crippen LogP contribution >= 0.6 is 11.6 Å². The van der Waals surface area contributed by atoms with Crippen LogP contribution in [-0.4, -0.2) is 11.8 Å². The summed E-state index contributed by atoms with van der Waals surface area (Å²) >= 11 is 5.64. The number of nitrogens with two attached hydrogens (primary N) is 2. The fourth-order valence-corrected chi connectivity index (χ4v) is 1.25. The van der Waals surface area contributed by atoms with Gasteiger partial charge in [-0.15, -0.1) is 0 Å². The molecule has 1 aromatic rings. The lowest BCUT2D eigenvalue weighted by Gasteiger charge is -2.09. The summed E-state index contributed by atoms with van der Waals surface area (Å²) in [5.74, 6) is -2.62. The van der Waals surface area contributed by atoms with Crippen molar-refractivity contribution in [2.45, 2.75) is 5.92 Å². The maximum absolute atomic E-state index is 10.9. The zero-order valence-electron chi connectivity index (χ0n) is 7.24. The van der Waals surface area contributed by atoms with Crippen LogP contribution in [0.4, 0.5) is 0 Å². The largest absolute Gasteiger partial charge is 0.369 e. The third kappa shape index (κ3) is 2.23. The molecule has 0 aliphatic carbocycles. The molecule has 1 rings (SSSR count). The lowest BCUT2D eigenvalue weighted by atomic mass is 9.98. The monoisotopic (exact) mass is 212 g/mol. The molecule has 0 fully saturated rings. The quantitative estimate of drug-likeness (QED) is 0.711. The van der Waals surface area contributed by atoms with Crippen LogP contribution in [0.3, 0.4) is 0 Å². The van der Waals surface area contributed by atoms with E-state index in [1.54, 1.807) is 24.3 Å². The van der Waals surface area contributed by atoms with Crippen molar-refractivity contribution in [2.24, 2.45) is 11.5 Å². The van der Waals surface area contributed by atoms with E-state index in [0.29, 0.717) is 10.6 Å². The van der Waals surface area contributed by atoms with E-state index in [1.807, 2.05) is 0 Å². The Kier molecular flexibility index (Phi) is 3.09. The minimum Gasteiger partial charge on any atom is -0.369 e. The molecule has 1 aromatic carbocycles. The molecular formula is C9H9ClN2O2. The molecule has 4 nitrogen and oxygen atoms in total. The lowest BCUT2D eigenvalue weighted by molar-refractivity contribution is -0.128. The Morgan fingerprint density at radius 2 is 1.50 bits per heavy atom. The van der Waals surface area contributed by atoms with Crippen LogP contribution in [0.25, 0.3) is 0 Å². The standard InChI is InChI=1S/C9H9ClN2O2/c10-6-3-1-5(2-4-6)7(8(11)13)9(12)14/h1-4,7H,(H2,11,13)(H2,12,14). The van der Waals surface area contributed by atoms with Gasteiger partial charge in [0.15, 0.2) is 0 Å². The zero-order valence-corrected chi connectivity index (χ0v) is 7.99. The molecule has 0 bridgehead atoms. The highest BCUT2D eigenvalue weighted by Gasteiger charge is 2.23. The van der Waals surface area contributed by atoms with Gasteiger partial charge in [0.2, 0.25) is 11.8 Å². The average molecular weight is 213 g/mol. The number of hydrogen-bond donors (Lipinski definition) is 2. The number of carbonyl (C=O) groups is 2. The molecule has 74 valence electrons. The van der Waals surface area contributed by atoms with Crippen LogP contribution in [0.5, 0.6) is 0 Å². The molecule has 5 heteroatoms. The Balaban J connectivity index is 3.06. The van der Waals surface area contributed by atoms with Crippen LogP contribution in [-0.2, 0) is 9.59 Å². The zero-order chi connectivity index (χ0) is 10.7. The van der Waals surface area contributed by atoms with E-state index >= 15 is 0 Å². The lowest BCUT2D eigenvalue weighted by Crippen LogP contribution is -2.32. The molecule has 2 amide bonds. The van der Waals surface area contributed by atoms with Crippen LogP contribution in [0, 0.1) is 0 Å². The molecule has 0 heterocycles. The SMILES string of the molecule is NC(=O)C(C(N)=O)c1ccc(Cl)cc1. The molecule has 0 saturated heterocycles. The summed E-state index contributed by atoms with van der Waals surface area (Å²) in [6.07, 6.45) is 0. The van der Waals surface area contributed by atoms with Crippen molar-refractivity contribution in [3.05, 3.63) is 34.9 Å². The van der Waals surface area contributed by atoms with Gasteiger partial charge < -0.3 is 11.5 Å². The molecule has 0 aromatic heterocycles. The van der Waals surface area contributed by atoms with E-state index in [0.717, 1.165) is 0 Å². The first-order valence-corrected chi connectivity index (χ1v) is 4.24. The van der Waals surface area contributed by atoms with Gasteiger partial charge in [0.25, 0.3) is 0 Å². The highest BCUT2D eigenvalue weighted by molar-refractivity contribution is 6.30. The van der Waals surface area contributed by atoms with Gasteiger partial charge in [0.1, 0.15) is 5.92 Å². The second-order valence-corrected chi connectivity index (χ2v) is 3.23. The molecule has 0 unspecified atom stereocenters. The van der Waals surface area contributed by atoms with Crippen LogP contribution in [0.15, 0.2) is 24.3 Å². The summed E-state index contributed by atoms with van der Waals surface area (Å²) in [4.78, 5) is 21.8. The maximum Gasteiger partial charge on any atom is 0.234 e. The van der Waals surface area contributed by atoms with E-state index < -0.39 is 17.7 Å². The van der Waals surface area contributed by atoms with Crippen molar-refractivity contribution in [1.29, 1.82) is 0 Å². The molecule has 0 saturated carbocycles. The van der Waals surface area contributed by atoms with Gasteiger partial charge in [0.05, 0.1) is 0 Å². The molecule has 0 aliphatic rings. The Hall–Kier alpha value is -1.55. The van der Waals surface area contributed by atoms with Crippen molar-refractivity contribution in [3.63, 3.8) is 0 Å². The van der Waals surface area contributed by atoms with Crippen LogP contribution in [0.2, 0.25) is 5.02 Å². The summed E-state index contributed by atoms with van der Waals surface area (Å²) in [5.41, 5.74) is 10.5. The summed E-state index contributed by atoms with van der Waals surface area (Å²) in [7, 11) is 0. The molecule has 0 radical (unpaired) electrons. The fraction of sp³-hybridized carbons (Fsp3) is 0.111. The second kappa shape index (κ2) is 4.11. The molecule has 14 heavy (non-hydrogen) atoms. The van der Waals surface area contributed by atoms with Crippen molar-refractivity contribution < 1.29 is 9.59 Å². The Labute approximate surface area is 85.8 Å². The fourth-order valence-electron chi connectivity index (χ4n) is 1.12. The van der Waals surface area contributed by atoms with Gasteiger partial charge in [-0.2, -0.15) is 0 Å². The second-order valence-electron chi connectivity index (χ2n) is 2.79. The topological polar surface area (TPSA) is 86.2 Å². The van der Waals surface area contributed by atoms with Crippen molar-refractivity contribution in [1.82, 2.24) is 0 Å². The third-order valence-electron chi connectivity index (χ3n) is 1.77. The predicted molar refractivity (Wildman–Crippen MR) is 52.6 cm³/mol. The summed E-state index contributed by atoms with van der Waals surface area (Å²) in [6.45, 7) is 0. The van der Waals surface area contributed by atoms with Crippen LogP contribution in [0.1, 0.15) is 11.5 Å². The minimum absolute atomic E-state index is 0.453. The third-order valence-corrected chi connectivity index (χ3v) is 2.02. The average Bonchev–Trinajstić information content (AvgIpc) is 2.07. The molecule has 4 N–H and O–H groups in total. The van der Waals surface area contributed by atoms with Crippen molar-refractivity contribution in [3.8, 4) is 0 Å². The van der Waals surface area contributed by atoms with Crippen molar-refractivity contribution >= 4 is 23.4 Å². The maximum atomic E-state index is 10.9. The number of benzene rings is 1. The number of rotatable bonds is 3. The first kappa shape index (κ1) is 10.5. The van der Waals surface area contributed by atoms with Gasteiger partial charge in [-0.05, 0) is 17.7 Å². The number of carbonyl (C=O) groups excluding carboxylic acids is 2. The van der Waals surface area contributed by atoms with E-state index in [4.69, 9.17) is 23.1 Å². The summed E-state index contributed by atoms with van der Waals surface area (Å²) in [6, 6.07) is 6.22. The minimum atomic E-state index is -1.09. The van der Waals surface area contributed by atoms with Crippen LogP contribution < -0.4 is 11.5 Å². The molecular weight excluding hydrogens is 204 g/mol. The van der Waals surface area contributed by atoms with E-state index in [-0.39, 0.29) is 0 Å². The van der Waals surface area contributed by atoms with E-state index in [9.17, 15) is 9.59 Å². The van der Waals surface area contributed by atoms with Crippen molar-refractivity contribution in [2.75, 3.05) is 0 Å². The number of primary amides is 2. The Morgan fingerprint density at radius 3 is 1.86 bits per heavy atom. The highest BCUT2D eigenvalue weighted by Crippen LogP contribution is 2.17. The van der Waals surface area contributed by atoms with Gasteiger partial charge in [-0.1, -0.05) is 23.7 Å². The molecule has 0 atom stereocenters. The smallest absolute Gasteiger partial charge is 0.234 e. The predicted octanol–water partition coefficient (Wildman–Crippen LogP) is 0.394. The number of hydrogen-bond acceptors (Lipinski definition) is 2. The first-order chi connectivity index (χ1) is 6.52. The van der Waals surface area contributed by atoms with Gasteiger partial charge in [-0.25, -0.2) is 0 Å². The molecule has 0 aliphatic heterocycles. The van der Waals surface area contributed by atoms with E-state index in [1.165, 1.54) is 0 Å². The first-order valence-electron chi connectivity index (χ1n) is 3.86. The Bertz CT molecular complexity index is 348. The van der Waals surface area contributed by atoms with Gasteiger partial charge >= 0.3 is 0 Å². The Morgan fingerprint density at radius 1 is 1.07 bits per heavy atom. The summed E-state index contributed by atoms with van der Waals surface area (Å²) < 4.78 is 0. The van der Waals surface area contributed by atoms with E-state index in [2.05, 4.69) is 0 Å².